The molecule has 3 rings (SSSR count). The van der Waals surface area contributed by atoms with Crippen LogP contribution in [0.5, 0.6) is 0 Å². The van der Waals surface area contributed by atoms with Gasteiger partial charge in [-0.3, -0.25) is 0 Å². The number of halogens is 3. The van der Waals surface area contributed by atoms with Crippen molar-refractivity contribution in [1.82, 2.24) is 14.5 Å². The number of hydrogen-bond donors (Lipinski definition) is 0. The van der Waals surface area contributed by atoms with E-state index in [9.17, 15) is 13.2 Å². The Morgan fingerprint density at radius 3 is 2.55 bits per heavy atom. The molecule has 0 aliphatic heterocycles. The van der Waals surface area contributed by atoms with Gasteiger partial charge in [-0.2, -0.15) is 13.2 Å². The number of hydrogen-bond acceptors (Lipinski definition) is 2. The molecule has 2 aromatic rings. The predicted molar refractivity (Wildman–Crippen MR) is 78.6 cm³/mol. The molecular weight excluding hydrogens is 291 g/mol. The van der Waals surface area contributed by atoms with E-state index in [1.807, 2.05) is 4.57 Å². The van der Waals surface area contributed by atoms with E-state index in [0.29, 0.717) is 17.3 Å². The summed E-state index contributed by atoms with van der Waals surface area (Å²) in [6.07, 6.45) is 3.01. The Hall–Kier alpha value is -1.59. The zero-order valence-electron chi connectivity index (χ0n) is 12.8. The molecule has 0 aromatic carbocycles. The molecule has 0 unspecified atom stereocenters. The van der Waals surface area contributed by atoms with Crippen molar-refractivity contribution >= 4 is 11.2 Å². The van der Waals surface area contributed by atoms with Crippen molar-refractivity contribution in [3.05, 3.63) is 23.7 Å². The zero-order chi connectivity index (χ0) is 15.9. The monoisotopic (exact) mass is 311 g/mol. The Labute approximate surface area is 127 Å². The minimum Gasteiger partial charge on any atom is -0.312 e. The van der Waals surface area contributed by atoms with Crippen LogP contribution in [0.15, 0.2) is 12.4 Å². The van der Waals surface area contributed by atoms with Gasteiger partial charge in [0.2, 0.25) is 0 Å². The lowest BCUT2D eigenvalue weighted by Crippen LogP contribution is -2.19. The van der Waals surface area contributed by atoms with Crippen LogP contribution in [-0.4, -0.2) is 14.5 Å². The summed E-state index contributed by atoms with van der Waals surface area (Å²) in [6, 6.07) is 1.20. The molecule has 1 aliphatic carbocycles. The summed E-state index contributed by atoms with van der Waals surface area (Å²) >= 11 is 0. The van der Waals surface area contributed by atoms with Gasteiger partial charge in [0.15, 0.2) is 5.65 Å². The molecule has 0 amide bonds. The van der Waals surface area contributed by atoms with E-state index in [-0.39, 0.29) is 11.6 Å². The second kappa shape index (κ2) is 5.56. The van der Waals surface area contributed by atoms with Crippen LogP contribution in [0.3, 0.4) is 0 Å². The number of fused-ring (bicyclic) bond motifs is 1. The fourth-order valence-electron chi connectivity index (χ4n) is 3.49. The largest absolute Gasteiger partial charge is 0.418 e. The summed E-state index contributed by atoms with van der Waals surface area (Å²) in [7, 11) is 0. The fourth-order valence-corrected chi connectivity index (χ4v) is 3.49. The van der Waals surface area contributed by atoms with Crippen molar-refractivity contribution in [1.29, 1.82) is 0 Å². The van der Waals surface area contributed by atoms with Gasteiger partial charge in [-0.15, -0.1) is 0 Å². The number of rotatable bonds is 2. The Balaban J connectivity index is 2.06. The quantitative estimate of drug-likeness (QED) is 0.789. The maximum Gasteiger partial charge on any atom is 0.418 e. The third-order valence-corrected chi connectivity index (χ3v) is 4.73. The summed E-state index contributed by atoms with van der Waals surface area (Å²) < 4.78 is 41.4. The molecule has 22 heavy (non-hydrogen) atoms. The van der Waals surface area contributed by atoms with Crippen molar-refractivity contribution in [2.45, 2.75) is 58.2 Å². The molecule has 6 heteroatoms. The molecule has 0 radical (unpaired) electrons. The number of aromatic nitrogens is 3. The van der Waals surface area contributed by atoms with Gasteiger partial charge in [0, 0.05) is 11.7 Å². The predicted octanol–water partition coefficient (Wildman–Crippen LogP) is 4.90. The van der Waals surface area contributed by atoms with E-state index in [1.165, 1.54) is 25.6 Å². The number of pyridine rings is 1. The van der Waals surface area contributed by atoms with Crippen LogP contribution < -0.4 is 0 Å². The van der Waals surface area contributed by atoms with Crippen molar-refractivity contribution in [2.24, 2.45) is 5.92 Å². The average molecular weight is 311 g/mol. The van der Waals surface area contributed by atoms with E-state index in [0.717, 1.165) is 18.9 Å². The SMILES string of the molecule is Cc1cc(C(F)(F)F)c2ncn([C@@H](C)C3CCCCC3)c2n1. The maximum absolute atomic E-state index is 13.2. The number of imidazole rings is 1. The van der Waals surface area contributed by atoms with E-state index < -0.39 is 11.7 Å². The molecule has 2 heterocycles. The molecule has 0 spiro atoms. The van der Waals surface area contributed by atoms with Gasteiger partial charge in [-0.1, -0.05) is 19.3 Å². The van der Waals surface area contributed by atoms with Gasteiger partial charge in [-0.05, 0) is 38.7 Å². The molecule has 120 valence electrons. The van der Waals surface area contributed by atoms with Crippen molar-refractivity contribution < 1.29 is 13.2 Å². The second-order valence-electron chi connectivity index (χ2n) is 6.27. The van der Waals surface area contributed by atoms with Gasteiger partial charge in [0.25, 0.3) is 0 Å². The first-order chi connectivity index (χ1) is 10.4. The summed E-state index contributed by atoms with van der Waals surface area (Å²) in [4.78, 5) is 8.35. The molecule has 1 atom stereocenters. The number of alkyl halides is 3. The summed E-state index contributed by atoms with van der Waals surface area (Å²) in [5, 5.41) is 0. The summed E-state index contributed by atoms with van der Waals surface area (Å²) in [5.74, 6) is 0.489. The van der Waals surface area contributed by atoms with Crippen LogP contribution in [0.4, 0.5) is 13.2 Å². The highest BCUT2D eigenvalue weighted by atomic mass is 19.4. The fraction of sp³-hybridized carbons (Fsp3) is 0.625. The molecule has 1 fully saturated rings. The highest BCUT2D eigenvalue weighted by Gasteiger charge is 2.35. The van der Waals surface area contributed by atoms with Crippen molar-refractivity contribution in [2.75, 3.05) is 0 Å². The smallest absolute Gasteiger partial charge is 0.312 e. The van der Waals surface area contributed by atoms with E-state index in [2.05, 4.69) is 16.9 Å². The lowest BCUT2D eigenvalue weighted by molar-refractivity contribution is -0.136. The minimum atomic E-state index is -4.40. The zero-order valence-corrected chi connectivity index (χ0v) is 12.8. The standard InChI is InChI=1S/C16H20F3N3/c1-10-8-13(16(17,18)19)14-15(21-10)22(9-20-14)11(2)12-6-4-3-5-7-12/h8-9,11-12H,3-7H2,1-2H3/t11-/m0/s1. The first-order valence-corrected chi connectivity index (χ1v) is 7.79. The molecule has 0 N–H and O–H groups in total. The third kappa shape index (κ3) is 2.71. The Morgan fingerprint density at radius 2 is 1.91 bits per heavy atom. The maximum atomic E-state index is 13.2. The third-order valence-electron chi connectivity index (χ3n) is 4.73. The van der Waals surface area contributed by atoms with Crippen LogP contribution in [0.1, 0.15) is 56.3 Å². The molecule has 0 bridgehead atoms. The number of aryl methyl sites for hydroxylation is 1. The first kappa shape index (κ1) is 15.3. The van der Waals surface area contributed by atoms with Gasteiger partial charge in [0.05, 0.1) is 11.9 Å². The van der Waals surface area contributed by atoms with Gasteiger partial charge >= 0.3 is 6.18 Å². The highest BCUT2D eigenvalue weighted by Crippen LogP contribution is 2.37. The molecule has 0 saturated heterocycles. The Bertz CT molecular complexity index is 669. The molecule has 1 aliphatic rings. The van der Waals surface area contributed by atoms with Gasteiger partial charge in [-0.25, -0.2) is 9.97 Å². The molecule has 1 saturated carbocycles. The molecular formula is C16H20F3N3. The summed E-state index contributed by atoms with van der Waals surface area (Å²) in [5.41, 5.74) is -0.00632. The lowest BCUT2D eigenvalue weighted by Gasteiger charge is -2.28. The Kier molecular flexibility index (Phi) is 3.87. The van der Waals surface area contributed by atoms with E-state index >= 15 is 0 Å². The lowest BCUT2D eigenvalue weighted by atomic mass is 9.84. The normalized spacial score (nSPS) is 18.8. The topological polar surface area (TPSA) is 30.7 Å². The van der Waals surface area contributed by atoms with E-state index in [4.69, 9.17) is 0 Å². The Morgan fingerprint density at radius 1 is 1.23 bits per heavy atom. The van der Waals surface area contributed by atoms with Crippen LogP contribution in [0, 0.1) is 12.8 Å². The van der Waals surface area contributed by atoms with Crippen LogP contribution in [-0.2, 0) is 6.18 Å². The van der Waals surface area contributed by atoms with Gasteiger partial charge in [0.1, 0.15) is 5.52 Å². The second-order valence-corrected chi connectivity index (χ2v) is 6.27. The van der Waals surface area contributed by atoms with Crippen molar-refractivity contribution in [3.63, 3.8) is 0 Å². The molecule has 3 nitrogen and oxygen atoms in total. The van der Waals surface area contributed by atoms with Crippen molar-refractivity contribution in [3.8, 4) is 0 Å². The highest BCUT2D eigenvalue weighted by molar-refractivity contribution is 5.76. The minimum absolute atomic E-state index is 0.0410. The van der Waals surface area contributed by atoms with Gasteiger partial charge < -0.3 is 4.57 Å². The number of nitrogens with zero attached hydrogens (tertiary/aromatic N) is 3. The average Bonchev–Trinajstić information content (AvgIpc) is 2.89. The summed E-state index contributed by atoms with van der Waals surface area (Å²) in [6.45, 7) is 3.66. The molecule has 2 aromatic heterocycles. The van der Waals surface area contributed by atoms with Crippen LogP contribution in [0.2, 0.25) is 0 Å². The van der Waals surface area contributed by atoms with Crippen LogP contribution >= 0.6 is 0 Å². The van der Waals surface area contributed by atoms with E-state index in [1.54, 1.807) is 6.92 Å². The first-order valence-electron chi connectivity index (χ1n) is 7.79. The van der Waals surface area contributed by atoms with Crippen LogP contribution in [0.25, 0.3) is 11.2 Å².